The molecule has 297 valence electrons. The van der Waals surface area contributed by atoms with Crippen molar-refractivity contribution in [2.75, 3.05) is 0 Å². The number of imidazole rings is 1. The van der Waals surface area contributed by atoms with Gasteiger partial charge >= 0.3 is 0 Å². The van der Waals surface area contributed by atoms with Crippen molar-refractivity contribution in [3.63, 3.8) is 0 Å². The fraction of sp³-hybridized carbons (Fsp3) is 0.127. The van der Waals surface area contributed by atoms with Gasteiger partial charge in [0.15, 0.2) is 0 Å². The topological polar surface area (TPSA) is 43.9 Å². The molecule has 0 unspecified atom stereocenters. The maximum atomic E-state index is 8.77. The summed E-state index contributed by atoms with van der Waals surface area (Å²) >= 11 is 0. The molecule has 3 heterocycles. The molecular formula is C55H45IrN3O-2. The van der Waals surface area contributed by atoms with Crippen molar-refractivity contribution < 1.29 is 31.4 Å². The third-order valence-corrected chi connectivity index (χ3v) is 10.7. The first-order valence-corrected chi connectivity index (χ1v) is 19.7. The van der Waals surface area contributed by atoms with Crippen LogP contribution in [0.25, 0.3) is 83.3 Å². The van der Waals surface area contributed by atoms with Crippen molar-refractivity contribution in [2.24, 2.45) is 0 Å². The number of fused-ring (bicyclic) bond motifs is 5. The summed E-state index contributed by atoms with van der Waals surface area (Å²) in [6.45, 7) is 5.02. The normalized spacial score (nSPS) is 13.0. The number of benzene rings is 7. The molecule has 0 aliphatic rings. The number of hydrogen-bond donors (Lipinski definition) is 0. The van der Waals surface area contributed by atoms with E-state index in [1.165, 1.54) is 17.0 Å². The van der Waals surface area contributed by atoms with Gasteiger partial charge in [0.05, 0.1) is 11.4 Å². The van der Waals surface area contributed by atoms with Crippen LogP contribution in [0.1, 0.15) is 63.0 Å². The summed E-state index contributed by atoms with van der Waals surface area (Å²) in [6.07, 6.45) is 5.35. The third-order valence-electron chi connectivity index (χ3n) is 10.7. The molecule has 0 aliphatic heterocycles. The Hall–Kier alpha value is -6.39. The molecular weight excluding hydrogens is 911 g/mol. The maximum Gasteiger partial charge on any atom is 0.128 e. The van der Waals surface area contributed by atoms with Crippen LogP contribution in [0.3, 0.4) is 0 Å². The number of rotatable bonds is 7. The van der Waals surface area contributed by atoms with Gasteiger partial charge < -0.3 is 14.0 Å². The summed E-state index contributed by atoms with van der Waals surface area (Å²) in [5.74, 6) is -1.26. The molecule has 10 aromatic rings. The van der Waals surface area contributed by atoms with Gasteiger partial charge in [0, 0.05) is 62.0 Å². The molecule has 0 N–H and O–H groups in total. The van der Waals surface area contributed by atoms with Crippen molar-refractivity contribution >= 4 is 32.7 Å². The smallest absolute Gasteiger partial charge is 0.128 e. The molecule has 10 rings (SSSR count). The summed E-state index contributed by atoms with van der Waals surface area (Å²) < 4.78 is 50.0. The van der Waals surface area contributed by atoms with Gasteiger partial charge in [-0.25, -0.2) is 0 Å². The van der Waals surface area contributed by atoms with Crippen LogP contribution in [-0.4, -0.2) is 14.5 Å². The minimum atomic E-state index is -2.29. The van der Waals surface area contributed by atoms with Crippen LogP contribution in [0, 0.1) is 19.0 Å². The molecule has 4 nitrogen and oxygen atoms in total. The Labute approximate surface area is 373 Å². The number of hydrogen-bond acceptors (Lipinski definition) is 3. The van der Waals surface area contributed by atoms with Crippen LogP contribution < -0.4 is 0 Å². The SMILES string of the molecule is [2H]C([2H])([2H])c1c[c-]c(-c2nccn2-c2c(C([2H])(C)C)cccc2C([2H])(C)C)cc1-c1ccccc1.[Ir].[c-]1ccc2c(oc3c4ccccc4ccc23)c1-c1cc(-c2ccccc2)ccn1. The van der Waals surface area contributed by atoms with E-state index in [9.17, 15) is 0 Å². The zero-order valence-electron chi connectivity index (χ0n) is 38.7. The number of para-hydroxylation sites is 1. The van der Waals surface area contributed by atoms with Gasteiger partial charge in [0.25, 0.3) is 0 Å². The molecule has 0 atom stereocenters. The first-order valence-electron chi connectivity index (χ1n) is 22.2. The minimum Gasteiger partial charge on any atom is -0.500 e. The van der Waals surface area contributed by atoms with Crippen molar-refractivity contribution in [1.29, 1.82) is 0 Å². The third kappa shape index (κ3) is 7.75. The Kier molecular flexibility index (Phi) is 10.0. The van der Waals surface area contributed by atoms with E-state index in [-0.39, 0.29) is 25.7 Å². The summed E-state index contributed by atoms with van der Waals surface area (Å²) in [6, 6.07) is 56.1. The average molecular weight is 961 g/mol. The summed E-state index contributed by atoms with van der Waals surface area (Å²) in [5, 5.41) is 4.51. The van der Waals surface area contributed by atoms with E-state index in [0.29, 0.717) is 17.0 Å². The van der Waals surface area contributed by atoms with E-state index in [1.54, 1.807) is 6.20 Å². The summed E-state index contributed by atoms with van der Waals surface area (Å²) in [7, 11) is 0. The second kappa shape index (κ2) is 17.5. The van der Waals surface area contributed by atoms with Gasteiger partial charge in [-0.15, -0.1) is 47.5 Å². The van der Waals surface area contributed by atoms with E-state index in [0.717, 1.165) is 66.5 Å². The number of nitrogens with zero attached hydrogens (tertiary/aromatic N) is 3. The van der Waals surface area contributed by atoms with Crippen molar-refractivity contribution in [3.8, 4) is 50.6 Å². The van der Waals surface area contributed by atoms with Crippen molar-refractivity contribution in [3.05, 3.63) is 199 Å². The second-order valence-electron chi connectivity index (χ2n) is 15.0. The standard InChI is InChI=1S/C28H29N2.C27H16NO.Ir/c1-19(2)24-12-9-13-25(20(3)4)27(24)30-17-16-29-28(30)23-15-14-21(5)26(18-23)22-10-7-6-8-11-22;1-2-7-18(8-3-1)20-15-16-28-25(17-20)24-12-6-11-22-23-14-13-19-9-4-5-10-21(19)26(23)29-27(22)24;/h6-14,16-20H,1-5H3;1-11,13-17H;/q2*-1;/i5D3,19D,20D;;. The van der Waals surface area contributed by atoms with E-state index in [1.807, 2.05) is 136 Å². The van der Waals surface area contributed by atoms with Crippen LogP contribution in [0.15, 0.2) is 175 Å². The first-order chi connectivity index (χ1) is 30.7. The Balaban J connectivity index is 0.000000177. The molecule has 0 bridgehead atoms. The van der Waals surface area contributed by atoms with Crippen LogP contribution in [0.5, 0.6) is 0 Å². The molecule has 1 radical (unpaired) electrons. The Morgan fingerprint density at radius 2 is 1.33 bits per heavy atom. The largest absolute Gasteiger partial charge is 0.500 e. The molecule has 0 saturated heterocycles. The molecule has 60 heavy (non-hydrogen) atoms. The van der Waals surface area contributed by atoms with Gasteiger partial charge in [-0.3, -0.25) is 4.98 Å². The molecule has 0 aliphatic carbocycles. The monoisotopic (exact) mass is 961 g/mol. The van der Waals surface area contributed by atoms with Gasteiger partial charge in [-0.2, -0.15) is 0 Å². The number of aryl methyl sites for hydroxylation is 1. The van der Waals surface area contributed by atoms with Gasteiger partial charge in [-0.1, -0.05) is 172 Å². The van der Waals surface area contributed by atoms with E-state index >= 15 is 0 Å². The Morgan fingerprint density at radius 1 is 0.633 bits per heavy atom. The summed E-state index contributed by atoms with van der Waals surface area (Å²) in [4.78, 5) is 9.23. The van der Waals surface area contributed by atoms with E-state index in [4.69, 9.17) is 11.3 Å². The van der Waals surface area contributed by atoms with E-state index < -0.39 is 18.6 Å². The first kappa shape index (κ1) is 34.5. The molecule has 3 aromatic heterocycles. The zero-order chi connectivity index (χ0) is 44.8. The van der Waals surface area contributed by atoms with Gasteiger partial charge in [0.1, 0.15) is 5.58 Å². The van der Waals surface area contributed by atoms with E-state index in [2.05, 4.69) is 76.7 Å². The molecule has 0 amide bonds. The fourth-order valence-corrected chi connectivity index (χ4v) is 7.81. The number of aromatic nitrogens is 3. The fourth-order valence-electron chi connectivity index (χ4n) is 7.81. The van der Waals surface area contributed by atoms with Crippen molar-refractivity contribution in [1.82, 2.24) is 14.5 Å². The minimum absolute atomic E-state index is 0. The number of pyridine rings is 1. The molecule has 0 fully saturated rings. The quantitative estimate of drug-likeness (QED) is 0.150. The zero-order valence-corrected chi connectivity index (χ0v) is 36.1. The maximum absolute atomic E-state index is 8.77. The van der Waals surface area contributed by atoms with Crippen LogP contribution in [0.4, 0.5) is 0 Å². The van der Waals surface area contributed by atoms with Gasteiger partial charge in [-0.05, 0) is 56.8 Å². The molecule has 0 saturated carbocycles. The van der Waals surface area contributed by atoms with Crippen LogP contribution >= 0.6 is 0 Å². The van der Waals surface area contributed by atoms with Gasteiger partial charge in [0.2, 0.25) is 0 Å². The molecule has 0 spiro atoms. The average Bonchev–Trinajstić information content (AvgIpc) is 3.95. The molecule has 7 aromatic carbocycles. The Morgan fingerprint density at radius 3 is 2.07 bits per heavy atom. The van der Waals surface area contributed by atoms with Crippen molar-refractivity contribution in [2.45, 2.75) is 46.3 Å². The predicted molar refractivity (Wildman–Crippen MR) is 245 cm³/mol. The second-order valence-corrected chi connectivity index (χ2v) is 15.0. The predicted octanol–water partition coefficient (Wildman–Crippen LogP) is 14.8. The summed E-state index contributed by atoms with van der Waals surface area (Å²) in [5.41, 5.74) is 10.3. The Bertz CT molecular complexity index is 3260. The number of furan rings is 1. The van der Waals surface area contributed by atoms with Crippen LogP contribution in [-0.2, 0) is 20.1 Å². The molecule has 5 heteroatoms. The van der Waals surface area contributed by atoms with Crippen LogP contribution in [0.2, 0.25) is 0 Å².